The zero-order valence-corrected chi connectivity index (χ0v) is 19.0. The molecule has 1 aliphatic rings. The Morgan fingerprint density at radius 1 is 0.939 bits per heavy atom. The molecule has 33 heavy (non-hydrogen) atoms. The lowest BCUT2D eigenvalue weighted by atomic mass is 9.99. The summed E-state index contributed by atoms with van der Waals surface area (Å²) in [6, 6.07) is 0. The molecular formula is C20H26O13. The van der Waals surface area contributed by atoms with Gasteiger partial charge in [0.1, 0.15) is 18.5 Å². The molecule has 4 atom stereocenters. The second kappa shape index (κ2) is 11.9. The van der Waals surface area contributed by atoms with Crippen LogP contribution in [-0.4, -0.2) is 73.6 Å². The maximum Gasteiger partial charge on any atom is 0.380 e. The molecule has 0 fully saturated rings. The third kappa shape index (κ3) is 8.52. The second-order valence-electron chi connectivity index (χ2n) is 6.85. The lowest BCUT2D eigenvalue weighted by Gasteiger charge is -2.40. The fourth-order valence-corrected chi connectivity index (χ4v) is 2.95. The Hall–Kier alpha value is -3.48. The number of carbonyl (C=O) groups excluding carboxylic acids is 6. The van der Waals surface area contributed by atoms with Gasteiger partial charge in [0, 0.05) is 34.6 Å². The molecule has 0 bridgehead atoms. The molecular weight excluding hydrogens is 448 g/mol. The van der Waals surface area contributed by atoms with Gasteiger partial charge in [0.05, 0.1) is 13.5 Å². The van der Waals surface area contributed by atoms with Gasteiger partial charge in [-0.2, -0.15) is 0 Å². The zero-order chi connectivity index (χ0) is 25.3. The monoisotopic (exact) mass is 474 g/mol. The van der Waals surface area contributed by atoms with E-state index >= 15 is 0 Å². The summed E-state index contributed by atoms with van der Waals surface area (Å²) in [5, 5.41) is 0. The first-order chi connectivity index (χ1) is 15.3. The number of hydrogen-bond donors (Lipinski definition) is 0. The normalized spacial score (nSPS) is 21.4. The Labute approximate surface area is 189 Å². The number of hydrogen-bond acceptors (Lipinski definition) is 13. The number of ether oxygens (including phenoxy) is 7. The maximum absolute atomic E-state index is 12.6. The Morgan fingerprint density at radius 3 is 2.00 bits per heavy atom. The average Bonchev–Trinajstić information content (AvgIpc) is 2.66. The van der Waals surface area contributed by atoms with Crippen molar-refractivity contribution < 1.29 is 61.9 Å². The maximum atomic E-state index is 12.6. The van der Waals surface area contributed by atoms with Gasteiger partial charge in [0.15, 0.2) is 12.2 Å². The van der Waals surface area contributed by atoms with Gasteiger partial charge < -0.3 is 33.2 Å². The van der Waals surface area contributed by atoms with E-state index in [1.54, 1.807) is 0 Å². The number of methoxy groups -OCH3 is 1. The van der Waals surface area contributed by atoms with Gasteiger partial charge in [-0.3, -0.25) is 24.0 Å². The molecule has 0 aromatic carbocycles. The molecule has 0 amide bonds. The summed E-state index contributed by atoms with van der Waals surface area (Å²) in [6.45, 7) is 4.74. The predicted octanol–water partition coefficient (Wildman–Crippen LogP) is 0.0812. The molecule has 1 heterocycles. The van der Waals surface area contributed by atoms with Gasteiger partial charge in [-0.05, 0) is 6.08 Å². The quantitative estimate of drug-likeness (QED) is 0.326. The smallest absolute Gasteiger partial charge is 0.380 e. The highest BCUT2D eigenvalue weighted by molar-refractivity contribution is 5.82. The minimum atomic E-state index is -2.43. The first-order valence-electron chi connectivity index (χ1n) is 9.62. The number of rotatable bonds is 9. The summed E-state index contributed by atoms with van der Waals surface area (Å²) in [5.41, 5.74) is 0. The number of esters is 6. The minimum Gasteiger partial charge on any atom is -0.464 e. The van der Waals surface area contributed by atoms with Crippen LogP contribution in [0.5, 0.6) is 0 Å². The van der Waals surface area contributed by atoms with Crippen LogP contribution < -0.4 is 0 Å². The van der Waals surface area contributed by atoms with E-state index in [2.05, 4.69) is 4.74 Å². The summed E-state index contributed by atoms with van der Waals surface area (Å²) >= 11 is 0. The molecule has 0 unspecified atom stereocenters. The summed E-state index contributed by atoms with van der Waals surface area (Å²) < 4.78 is 35.8. The van der Waals surface area contributed by atoms with E-state index in [1.165, 1.54) is 6.08 Å². The molecule has 0 N–H and O–H groups in total. The van der Waals surface area contributed by atoms with Crippen molar-refractivity contribution in [1.82, 2.24) is 0 Å². The molecule has 0 saturated heterocycles. The highest BCUT2D eigenvalue weighted by atomic mass is 16.8. The van der Waals surface area contributed by atoms with Crippen molar-refractivity contribution in [2.24, 2.45) is 0 Å². The Balaban J connectivity index is 3.57. The van der Waals surface area contributed by atoms with Crippen LogP contribution in [0.15, 0.2) is 11.8 Å². The summed E-state index contributed by atoms with van der Waals surface area (Å²) in [5.74, 6) is -7.88. The largest absolute Gasteiger partial charge is 0.464 e. The molecule has 1 rings (SSSR count). The lowest BCUT2D eigenvalue weighted by Crippen LogP contribution is -2.56. The van der Waals surface area contributed by atoms with Gasteiger partial charge in [0.25, 0.3) is 0 Å². The van der Waals surface area contributed by atoms with Crippen molar-refractivity contribution >= 4 is 35.8 Å². The topological polar surface area (TPSA) is 167 Å². The minimum absolute atomic E-state index is 0.184. The number of carbonyl (C=O) groups is 6. The van der Waals surface area contributed by atoms with Crippen LogP contribution in [0.1, 0.15) is 41.0 Å². The van der Waals surface area contributed by atoms with E-state index in [0.717, 1.165) is 41.7 Å². The van der Waals surface area contributed by atoms with Gasteiger partial charge >= 0.3 is 41.6 Å². The Morgan fingerprint density at radius 2 is 1.55 bits per heavy atom. The Bertz CT molecular complexity index is 830. The fourth-order valence-electron chi connectivity index (χ4n) is 2.95. The SMILES string of the molecule is COC(=O)[C@]1(OC(C)=O)CC(OC(C)=O)=C[C@H]([C@H](OC(C)=O)[C@@H](COC(C)=O)OC(C)=O)O1. The molecule has 0 aliphatic carbocycles. The first-order valence-corrected chi connectivity index (χ1v) is 9.62. The second-order valence-corrected chi connectivity index (χ2v) is 6.85. The molecule has 0 saturated carbocycles. The van der Waals surface area contributed by atoms with E-state index in [0.29, 0.717) is 0 Å². The van der Waals surface area contributed by atoms with Crippen molar-refractivity contribution in [3.8, 4) is 0 Å². The molecule has 0 aromatic rings. The molecule has 13 heteroatoms. The Kier molecular flexibility index (Phi) is 9.98. The van der Waals surface area contributed by atoms with Crippen LogP contribution in [0.25, 0.3) is 0 Å². The molecule has 0 radical (unpaired) electrons. The highest BCUT2D eigenvalue weighted by Gasteiger charge is 2.53. The standard InChI is InChI=1S/C20H26O13/c1-10(21)28-9-17(30-12(3)23)18(31-13(4)24)16-7-15(29-11(2)22)8-20(33-16,19(26)27-6)32-14(5)25/h7,16-18H,8-9H2,1-6H3/t16-,17-,18+,20+/m1/s1. The predicted molar refractivity (Wildman–Crippen MR) is 104 cm³/mol. The van der Waals surface area contributed by atoms with Crippen LogP contribution in [-0.2, 0) is 61.9 Å². The van der Waals surface area contributed by atoms with Crippen molar-refractivity contribution in [2.45, 2.75) is 65.1 Å². The zero-order valence-electron chi connectivity index (χ0n) is 19.0. The van der Waals surface area contributed by atoms with Crippen LogP contribution in [0.4, 0.5) is 0 Å². The lowest BCUT2D eigenvalue weighted by molar-refractivity contribution is -0.269. The summed E-state index contributed by atoms with van der Waals surface area (Å²) in [7, 11) is 1.00. The third-order valence-electron chi connectivity index (χ3n) is 3.92. The molecule has 0 aromatic heterocycles. The molecule has 1 aliphatic heterocycles. The van der Waals surface area contributed by atoms with E-state index in [9.17, 15) is 28.8 Å². The molecule has 184 valence electrons. The van der Waals surface area contributed by atoms with Crippen LogP contribution in [0, 0.1) is 0 Å². The van der Waals surface area contributed by atoms with E-state index in [1.807, 2.05) is 0 Å². The highest BCUT2D eigenvalue weighted by Crippen LogP contribution is 2.35. The van der Waals surface area contributed by atoms with E-state index in [4.69, 9.17) is 28.4 Å². The van der Waals surface area contributed by atoms with Crippen LogP contribution in [0.3, 0.4) is 0 Å². The van der Waals surface area contributed by atoms with Crippen molar-refractivity contribution in [1.29, 1.82) is 0 Å². The van der Waals surface area contributed by atoms with E-state index < -0.39 is 72.9 Å². The summed E-state index contributed by atoms with van der Waals surface area (Å²) in [6.07, 6.45) is -3.82. The van der Waals surface area contributed by atoms with Gasteiger partial charge in [-0.15, -0.1) is 0 Å². The van der Waals surface area contributed by atoms with Gasteiger partial charge in [0.2, 0.25) is 0 Å². The first kappa shape index (κ1) is 27.6. The van der Waals surface area contributed by atoms with Crippen molar-refractivity contribution in [3.63, 3.8) is 0 Å². The van der Waals surface area contributed by atoms with Crippen molar-refractivity contribution in [2.75, 3.05) is 13.7 Å². The van der Waals surface area contributed by atoms with Crippen LogP contribution >= 0.6 is 0 Å². The fraction of sp³-hybridized carbons (Fsp3) is 0.600. The van der Waals surface area contributed by atoms with Gasteiger partial charge in [-0.25, -0.2) is 4.79 Å². The van der Waals surface area contributed by atoms with E-state index in [-0.39, 0.29) is 5.76 Å². The van der Waals surface area contributed by atoms with Crippen LogP contribution in [0.2, 0.25) is 0 Å². The average molecular weight is 474 g/mol. The molecule has 13 nitrogen and oxygen atoms in total. The molecule has 0 spiro atoms. The third-order valence-corrected chi connectivity index (χ3v) is 3.92. The van der Waals surface area contributed by atoms with Gasteiger partial charge in [-0.1, -0.05) is 0 Å². The summed E-state index contributed by atoms with van der Waals surface area (Å²) in [4.78, 5) is 70.6. The van der Waals surface area contributed by atoms with Crippen molar-refractivity contribution in [3.05, 3.63) is 11.8 Å².